The average molecular weight is 312 g/mol. The molecule has 0 spiro atoms. The minimum Gasteiger partial charge on any atom is -0.280 e. The number of benzene rings is 2. The quantitative estimate of drug-likeness (QED) is 0.640. The van der Waals surface area contributed by atoms with E-state index in [9.17, 15) is 4.79 Å². The van der Waals surface area contributed by atoms with Crippen LogP contribution in [0.1, 0.15) is 34.1 Å². The highest BCUT2D eigenvalue weighted by molar-refractivity contribution is 6.30. The first-order valence-electron chi connectivity index (χ1n) is 7.43. The number of fused-ring (bicyclic) bond motifs is 1. The zero-order chi connectivity index (χ0) is 15.9. The van der Waals surface area contributed by atoms with Gasteiger partial charge in [0, 0.05) is 21.7 Å². The number of aromatic nitrogens is 1. The molecule has 3 rings (SSSR count). The third-order valence-corrected chi connectivity index (χ3v) is 4.39. The first-order valence-corrected chi connectivity index (χ1v) is 7.81. The summed E-state index contributed by atoms with van der Waals surface area (Å²) in [6, 6.07) is 13.3. The van der Waals surface area contributed by atoms with Crippen LogP contribution in [0.25, 0.3) is 10.9 Å². The van der Waals surface area contributed by atoms with Gasteiger partial charge in [-0.25, -0.2) is 0 Å². The highest BCUT2D eigenvalue weighted by Crippen LogP contribution is 2.28. The minimum absolute atomic E-state index is 0.0114. The third kappa shape index (κ3) is 2.34. The smallest absolute Gasteiger partial charge is 0.262 e. The molecule has 1 aromatic heterocycles. The van der Waals surface area contributed by atoms with Gasteiger partial charge in [0.2, 0.25) is 0 Å². The molecule has 0 aliphatic rings. The molecule has 0 fully saturated rings. The molecule has 112 valence electrons. The van der Waals surface area contributed by atoms with Crippen molar-refractivity contribution in [3.63, 3.8) is 0 Å². The molecule has 0 bridgehead atoms. The number of nitrogens with zero attached hydrogens (tertiary/aromatic N) is 1. The predicted molar refractivity (Wildman–Crippen MR) is 92.0 cm³/mol. The second-order valence-corrected chi connectivity index (χ2v) is 6.02. The van der Waals surface area contributed by atoms with Gasteiger partial charge in [0.05, 0.1) is 5.52 Å². The van der Waals surface area contributed by atoms with Gasteiger partial charge < -0.3 is 0 Å². The van der Waals surface area contributed by atoms with Crippen LogP contribution in [0, 0.1) is 13.8 Å². The van der Waals surface area contributed by atoms with E-state index >= 15 is 0 Å². The molecule has 0 radical (unpaired) electrons. The van der Waals surface area contributed by atoms with E-state index < -0.39 is 0 Å². The van der Waals surface area contributed by atoms with Crippen molar-refractivity contribution in [1.29, 1.82) is 0 Å². The molecule has 1 heterocycles. The van der Waals surface area contributed by atoms with Crippen molar-refractivity contribution in [2.24, 2.45) is 0 Å². The number of rotatable bonds is 2. The van der Waals surface area contributed by atoms with E-state index in [-0.39, 0.29) is 5.91 Å². The molecule has 2 nitrogen and oxygen atoms in total. The van der Waals surface area contributed by atoms with Gasteiger partial charge >= 0.3 is 0 Å². The van der Waals surface area contributed by atoms with E-state index in [0.29, 0.717) is 10.6 Å². The van der Waals surface area contributed by atoms with E-state index in [1.807, 2.05) is 23.6 Å². The van der Waals surface area contributed by atoms with Gasteiger partial charge in [0.1, 0.15) is 0 Å². The molecule has 0 unspecified atom stereocenters. The van der Waals surface area contributed by atoms with Crippen molar-refractivity contribution >= 4 is 28.4 Å². The van der Waals surface area contributed by atoms with Crippen LogP contribution >= 0.6 is 11.6 Å². The van der Waals surface area contributed by atoms with Gasteiger partial charge in [-0.2, -0.15) is 0 Å². The van der Waals surface area contributed by atoms with Gasteiger partial charge in [0.15, 0.2) is 0 Å². The molecule has 0 atom stereocenters. The zero-order valence-corrected chi connectivity index (χ0v) is 13.7. The van der Waals surface area contributed by atoms with Crippen LogP contribution in [-0.4, -0.2) is 10.5 Å². The maximum atomic E-state index is 12.9. The summed E-state index contributed by atoms with van der Waals surface area (Å²) in [6.07, 6.45) is 0.909. The number of halogens is 1. The third-order valence-electron chi connectivity index (χ3n) is 4.14. The number of hydrogen-bond acceptors (Lipinski definition) is 1. The van der Waals surface area contributed by atoms with Crippen LogP contribution in [-0.2, 0) is 6.42 Å². The van der Waals surface area contributed by atoms with E-state index in [4.69, 9.17) is 11.6 Å². The maximum absolute atomic E-state index is 12.9. The van der Waals surface area contributed by atoms with Gasteiger partial charge in [-0.15, -0.1) is 0 Å². The summed E-state index contributed by atoms with van der Waals surface area (Å²) >= 11 is 5.91. The first kappa shape index (κ1) is 14.9. The molecule has 0 N–H and O–H groups in total. The van der Waals surface area contributed by atoms with Crippen LogP contribution in [0.5, 0.6) is 0 Å². The highest BCUT2D eigenvalue weighted by Gasteiger charge is 2.18. The molecular weight excluding hydrogens is 294 g/mol. The van der Waals surface area contributed by atoms with E-state index in [1.54, 1.807) is 24.3 Å². The lowest BCUT2D eigenvalue weighted by Gasteiger charge is -2.07. The summed E-state index contributed by atoms with van der Waals surface area (Å²) in [4.78, 5) is 12.9. The first-order chi connectivity index (χ1) is 10.5. The van der Waals surface area contributed by atoms with Crippen molar-refractivity contribution in [1.82, 2.24) is 4.57 Å². The number of aryl methyl sites for hydroxylation is 2. The van der Waals surface area contributed by atoms with Gasteiger partial charge in [-0.3, -0.25) is 9.36 Å². The Kier molecular flexibility index (Phi) is 3.79. The Bertz CT molecular complexity index is 859. The fraction of sp³-hybridized carbons (Fsp3) is 0.211. The summed E-state index contributed by atoms with van der Waals surface area (Å²) in [7, 11) is 0. The van der Waals surface area contributed by atoms with Crippen LogP contribution < -0.4 is 0 Å². The molecule has 0 amide bonds. The Balaban J connectivity index is 2.24. The highest BCUT2D eigenvalue weighted by atomic mass is 35.5. The number of carbonyl (C=O) groups is 1. The van der Waals surface area contributed by atoms with E-state index in [0.717, 1.165) is 17.6 Å². The topological polar surface area (TPSA) is 22.0 Å². The molecule has 0 aliphatic carbocycles. The predicted octanol–water partition coefficient (Wildman–Crippen LogP) is 5.16. The summed E-state index contributed by atoms with van der Waals surface area (Å²) in [5.74, 6) is -0.0114. The Morgan fingerprint density at radius 3 is 2.41 bits per heavy atom. The molecule has 0 saturated heterocycles. The lowest BCUT2D eigenvalue weighted by molar-refractivity contribution is 0.0963. The number of hydrogen-bond donors (Lipinski definition) is 0. The van der Waals surface area contributed by atoms with Gasteiger partial charge in [0.25, 0.3) is 5.91 Å². The second-order valence-electron chi connectivity index (χ2n) is 5.59. The molecule has 22 heavy (non-hydrogen) atoms. The second kappa shape index (κ2) is 5.62. The molecule has 3 aromatic rings. The summed E-state index contributed by atoms with van der Waals surface area (Å²) < 4.78 is 1.82. The molecule has 0 saturated carbocycles. The summed E-state index contributed by atoms with van der Waals surface area (Å²) in [6.45, 7) is 6.22. The van der Waals surface area contributed by atoms with Gasteiger partial charge in [-0.05, 0) is 62.2 Å². The van der Waals surface area contributed by atoms with Crippen molar-refractivity contribution in [2.75, 3.05) is 0 Å². The molecular formula is C19H18ClNO. The lowest BCUT2D eigenvalue weighted by atomic mass is 10.1. The summed E-state index contributed by atoms with van der Waals surface area (Å²) in [5.41, 5.74) is 5.08. The Morgan fingerprint density at radius 2 is 1.77 bits per heavy atom. The minimum atomic E-state index is -0.0114. The Morgan fingerprint density at radius 1 is 1.09 bits per heavy atom. The largest absolute Gasteiger partial charge is 0.280 e. The monoisotopic (exact) mass is 311 g/mol. The molecule has 0 aliphatic heterocycles. The van der Waals surface area contributed by atoms with E-state index in [2.05, 4.69) is 19.9 Å². The van der Waals surface area contributed by atoms with Crippen molar-refractivity contribution in [3.05, 3.63) is 69.9 Å². The molecule has 3 heteroatoms. The zero-order valence-electron chi connectivity index (χ0n) is 13.0. The van der Waals surface area contributed by atoms with Crippen molar-refractivity contribution < 1.29 is 4.79 Å². The van der Waals surface area contributed by atoms with Gasteiger partial charge in [-0.1, -0.05) is 30.2 Å². The lowest BCUT2D eigenvalue weighted by Crippen LogP contribution is -2.13. The van der Waals surface area contributed by atoms with Crippen LogP contribution in [0.2, 0.25) is 5.02 Å². The Hall–Kier alpha value is -2.06. The summed E-state index contributed by atoms with van der Waals surface area (Å²) in [5, 5.41) is 1.80. The average Bonchev–Trinajstić information content (AvgIpc) is 2.78. The SMILES string of the molecule is CCc1c(C)n(C(=O)c2ccc(Cl)cc2)c2ccc(C)cc12. The number of carbonyl (C=O) groups excluding carboxylic acids is 1. The van der Waals surface area contributed by atoms with Crippen LogP contribution in [0.3, 0.4) is 0 Å². The normalized spacial score (nSPS) is 11.1. The molecule has 2 aromatic carbocycles. The van der Waals surface area contributed by atoms with E-state index in [1.165, 1.54) is 16.5 Å². The van der Waals surface area contributed by atoms with Crippen molar-refractivity contribution in [2.45, 2.75) is 27.2 Å². The standard InChI is InChI=1S/C19H18ClNO/c1-4-16-13(3)21(18-10-5-12(2)11-17(16)18)19(22)14-6-8-15(20)9-7-14/h5-11H,4H2,1-3H3. The Labute approximate surface area is 135 Å². The van der Waals surface area contributed by atoms with Crippen LogP contribution in [0.4, 0.5) is 0 Å². The fourth-order valence-corrected chi connectivity index (χ4v) is 3.15. The maximum Gasteiger partial charge on any atom is 0.262 e. The van der Waals surface area contributed by atoms with Crippen LogP contribution in [0.15, 0.2) is 42.5 Å². The fourth-order valence-electron chi connectivity index (χ4n) is 3.03. The van der Waals surface area contributed by atoms with Crippen molar-refractivity contribution in [3.8, 4) is 0 Å².